The van der Waals surface area contributed by atoms with E-state index >= 15 is 0 Å². The molecule has 4 nitrogen and oxygen atoms in total. The van der Waals surface area contributed by atoms with E-state index in [1.165, 1.54) is 0 Å². The van der Waals surface area contributed by atoms with Crippen LogP contribution in [0.25, 0.3) is 0 Å². The Kier molecular flexibility index (Phi) is 5.21. The molecular weight excluding hydrogens is 266 g/mol. The van der Waals surface area contributed by atoms with Gasteiger partial charge in [-0.05, 0) is 53.9 Å². The molecule has 0 fully saturated rings. The average Bonchev–Trinajstić information content (AvgIpc) is 2.55. The van der Waals surface area contributed by atoms with Crippen LogP contribution >= 0.6 is 0 Å². The fourth-order valence-corrected chi connectivity index (χ4v) is 2.01. The summed E-state index contributed by atoms with van der Waals surface area (Å²) in [5.74, 6) is 1.59. The largest absolute Gasteiger partial charge is 0.497 e. The minimum absolute atomic E-state index is 0.477. The third-order valence-corrected chi connectivity index (χ3v) is 3.18. The number of rotatable bonds is 6. The summed E-state index contributed by atoms with van der Waals surface area (Å²) in [7, 11) is 1.65. The molecule has 2 aromatic carbocycles. The summed E-state index contributed by atoms with van der Waals surface area (Å²) in [5, 5.41) is 12.2. The highest BCUT2D eigenvalue weighted by Crippen LogP contribution is 2.17. The maximum absolute atomic E-state index is 8.90. The molecule has 0 amide bonds. The van der Waals surface area contributed by atoms with E-state index in [4.69, 9.17) is 14.7 Å². The lowest BCUT2D eigenvalue weighted by atomic mass is 10.1. The van der Waals surface area contributed by atoms with Crippen LogP contribution in [0.2, 0.25) is 0 Å². The number of nitrogens with zero attached hydrogens (tertiary/aromatic N) is 1. The smallest absolute Gasteiger partial charge is 0.119 e. The summed E-state index contributed by atoms with van der Waals surface area (Å²) in [6, 6.07) is 15.3. The lowest BCUT2D eigenvalue weighted by molar-refractivity contribution is 0.305. The highest BCUT2D eigenvalue weighted by molar-refractivity contribution is 6.00. The van der Waals surface area contributed by atoms with E-state index in [1.807, 2.05) is 55.5 Å². The number of benzene rings is 2. The molecule has 110 valence electrons. The van der Waals surface area contributed by atoms with Gasteiger partial charge in [-0.25, -0.2) is 0 Å². The number of oxime groups is 1. The second-order valence-electron chi connectivity index (χ2n) is 4.56. The molecule has 0 aliphatic carbocycles. The van der Waals surface area contributed by atoms with Crippen LogP contribution in [0.4, 0.5) is 0 Å². The Morgan fingerprint density at radius 3 is 2.48 bits per heavy atom. The first-order chi connectivity index (χ1) is 10.3. The van der Waals surface area contributed by atoms with Crippen molar-refractivity contribution >= 4 is 5.71 Å². The zero-order valence-corrected chi connectivity index (χ0v) is 12.2. The average molecular weight is 285 g/mol. The second-order valence-corrected chi connectivity index (χ2v) is 4.56. The third kappa shape index (κ3) is 3.99. The molecule has 21 heavy (non-hydrogen) atoms. The van der Waals surface area contributed by atoms with Crippen molar-refractivity contribution in [2.24, 2.45) is 5.16 Å². The van der Waals surface area contributed by atoms with Gasteiger partial charge in [0.15, 0.2) is 0 Å². The minimum atomic E-state index is 0.477. The lowest BCUT2D eigenvalue weighted by Gasteiger charge is -2.08. The molecule has 2 rings (SSSR count). The summed E-state index contributed by atoms with van der Waals surface area (Å²) in [5.41, 5.74) is 2.60. The van der Waals surface area contributed by atoms with Crippen molar-refractivity contribution in [2.75, 3.05) is 7.11 Å². The normalized spacial score (nSPS) is 11.2. The highest BCUT2D eigenvalue weighted by atomic mass is 16.5. The number of hydrogen-bond acceptors (Lipinski definition) is 4. The van der Waals surface area contributed by atoms with Crippen LogP contribution in [0.3, 0.4) is 0 Å². The van der Waals surface area contributed by atoms with Gasteiger partial charge in [-0.3, -0.25) is 0 Å². The number of methoxy groups -OCH3 is 1. The quantitative estimate of drug-likeness (QED) is 0.498. The SMILES string of the molecule is CC/C(=N\O)c1ccc(OCc2cccc(OC)c2)cc1. The Morgan fingerprint density at radius 1 is 1.10 bits per heavy atom. The Hall–Kier alpha value is -2.49. The summed E-state index contributed by atoms with van der Waals surface area (Å²) >= 11 is 0. The maximum atomic E-state index is 8.90. The molecule has 2 aromatic rings. The summed E-state index contributed by atoms with van der Waals surface area (Å²) < 4.78 is 10.9. The van der Waals surface area contributed by atoms with E-state index in [9.17, 15) is 0 Å². The monoisotopic (exact) mass is 285 g/mol. The predicted molar refractivity (Wildman–Crippen MR) is 82.4 cm³/mol. The van der Waals surface area contributed by atoms with E-state index < -0.39 is 0 Å². The fourth-order valence-electron chi connectivity index (χ4n) is 2.01. The van der Waals surface area contributed by atoms with Crippen LogP contribution < -0.4 is 9.47 Å². The molecule has 1 N–H and O–H groups in total. The van der Waals surface area contributed by atoms with E-state index in [1.54, 1.807) is 7.11 Å². The van der Waals surface area contributed by atoms with Crippen LogP contribution in [-0.4, -0.2) is 18.0 Å². The van der Waals surface area contributed by atoms with Gasteiger partial charge in [0.2, 0.25) is 0 Å². The van der Waals surface area contributed by atoms with Crippen LogP contribution in [0, 0.1) is 0 Å². The first kappa shape index (κ1) is 14.9. The Balaban J connectivity index is 2.00. The molecule has 0 atom stereocenters. The van der Waals surface area contributed by atoms with E-state index in [0.717, 1.165) is 22.6 Å². The van der Waals surface area contributed by atoms with Crippen LogP contribution in [0.1, 0.15) is 24.5 Å². The molecular formula is C17H19NO3. The van der Waals surface area contributed by atoms with Crippen LogP contribution in [0.15, 0.2) is 53.7 Å². The maximum Gasteiger partial charge on any atom is 0.119 e. The van der Waals surface area contributed by atoms with E-state index in [-0.39, 0.29) is 0 Å². The molecule has 4 heteroatoms. The Morgan fingerprint density at radius 2 is 1.86 bits per heavy atom. The van der Waals surface area contributed by atoms with Gasteiger partial charge in [-0.1, -0.05) is 24.2 Å². The second kappa shape index (κ2) is 7.33. The summed E-state index contributed by atoms with van der Waals surface area (Å²) in [6.07, 6.45) is 0.681. The zero-order chi connectivity index (χ0) is 15.1. The topological polar surface area (TPSA) is 51.1 Å². The zero-order valence-electron chi connectivity index (χ0n) is 12.2. The standard InChI is InChI=1S/C17H19NO3/c1-3-17(18-19)14-7-9-15(10-8-14)21-12-13-5-4-6-16(11-13)20-2/h4-11,19H,3,12H2,1-2H3/b18-17+. The van der Waals surface area contributed by atoms with Crippen molar-refractivity contribution in [3.8, 4) is 11.5 Å². The van der Waals surface area contributed by atoms with Gasteiger partial charge in [0.1, 0.15) is 18.1 Å². The molecule has 0 aromatic heterocycles. The first-order valence-corrected chi connectivity index (χ1v) is 6.84. The van der Waals surface area contributed by atoms with Gasteiger partial charge in [-0.2, -0.15) is 0 Å². The molecule has 0 saturated heterocycles. The van der Waals surface area contributed by atoms with Gasteiger partial charge in [-0.15, -0.1) is 0 Å². The van der Waals surface area contributed by atoms with E-state index in [2.05, 4.69) is 5.16 Å². The third-order valence-electron chi connectivity index (χ3n) is 3.18. The van der Waals surface area contributed by atoms with Gasteiger partial charge in [0.25, 0.3) is 0 Å². The Labute approximate surface area is 124 Å². The fraction of sp³-hybridized carbons (Fsp3) is 0.235. The molecule has 0 spiro atoms. The highest BCUT2D eigenvalue weighted by Gasteiger charge is 2.03. The molecule has 0 aliphatic rings. The first-order valence-electron chi connectivity index (χ1n) is 6.84. The van der Waals surface area contributed by atoms with Crippen LogP contribution in [0.5, 0.6) is 11.5 Å². The molecule has 0 unspecified atom stereocenters. The summed E-state index contributed by atoms with van der Waals surface area (Å²) in [6.45, 7) is 2.42. The van der Waals surface area contributed by atoms with Crippen LogP contribution in [-0.2, 0) is 6.61 Å². The Bertz CT molecular complexity index is 606. The van der Waals surface area contributed by atoms with Gasteiger partial charge in [0.05, 0.1) is 12.8 Å². The number of hydrogen-bond donors (Lipinski definition) is 1. The molecule has 0 bridgehead atoms. The van der Waals surface area contributed by atoms with Crippen molar-refractivity contribution in [1.29, 1.82) is 0 Å². The van der Waals surface area contributed by atoms with Gasteiger partial charge in [0, 0.05) is 0 Å². The van der Waals surface area contributed by atoms with Gasteiger partial charge < -0.3 is 14.7 Å². The molecule has 0 heterocycles. The van der Waals surface area contributed by atoms with Gasteiger partial charge >= 0.3 is 0 Å². The molecule has 0 radical (unpaired) electrons. The van der Waals surface area contributed by atoms with Crippen molar-refractivity contribution in [1.82, 2.24) is 0 Å². The predicted octanol–water partition coefficient (Wildman–Crippen LogP) is 3.86. The van der Waals surface area contributed by atoms with Crippen molar-refractivity contribution in [2.45, 2.75) is 20.0 Å². The lowest BCUT2D eigenvalue weighted by Crippen LogP contribution is -2.00. The summed E-state index contributed by atoms with van der Waals surface area (Å²) in [4.78, 5) is 0. The van der Waals surface area contributed by atoms with Crippen molar-refractivity contribution in [3.63, 3.8) is 0 Å². The number of ether oxygens (including phenoxy) is 2. The molecule has 0 aliphatic heterocycles. The van der Waals surface area contributed by atoms with Crippen molar-refractivity contribution < 1.29 is 14.7 Å². The minimum Gasteiger partial charge on any atom is -0.497 e. The van der Waals surface area contributed by atoms with E-state index in [0.29, 0.717) is 18.7 Å². The molecule has 0 saturated carbocycles. The van der Waals surface area contributed by atoms with Crippen molar-refractivity contribution in [3.05, 3.63) is 59.7 Å².